The highest BCUT2D eigenvalue weighted by Crippen LogP contribution is 2.15. The Morgan fingerprint density at radius 1 is 1.45 bits per heavy atom. The molecule has 1 aromatic heterocycles. The normalized spacial score (nSPS) is 17.1. The Hall–Kier alpha value is -1.47. The monoisotopic (exact) mass is 281 g/mol. The minimum absolute atomic E-state index is 0.0376. The zero-order valence-corrected chi connectivity index (χ0v) is 12.4. The Kier molecular flexibility index (Phi) is 4.72. The molecule has 0 radical (unpaired) electrons. The molecule has 1 fully saturated rings. The van der Waals surface area contributed by atoms with Crippen LogP contribution in [0.3, 0.4) is 0 Å². The number of rotatable bonds is 5. The molecule has 7 nitrogen and oxygen atoms in total. The van der Waals surface area contributed by atoms with Crippen molar-refractivity contribution in [2.24, 2.45) is 0 Å². The predicted octanol–water partition coefficient (Wildman–Crippen LogP) is -0.279. The first kappa shape index (κ1) is 14.9. The molecule has 0 aliphatic carbocycles. The maximum absolute atomic E-state index is 12.3. The van der Waals surface area contributed by atoms with E-state index in [9.17, 15) is 4.79 Å². The first-order valence-corrected chi connectivity index (χ1v) is 7.03. The summed E-state index contributed by atoms with van der Waals surface area (Å²) in [6.07, 6.45) is 0.560. The molecule has 2 rings (SSSR count). The molecule has 1 saturated heterocycles. The van der Waals surface area contributed by atoms with E-state index in [-0.39, 0.29) is 5.91 Å². The maximum atomic E-state index is 12.3. The summed E-state index contributed by atoms with van der Waals surface area (Å²) in [4.78, 5) is 18.6. The van der Waals surface area contributed by atoms with Gasteiger partial charge in [-0.15, -0.1) is 0 Å². The topological polar surface area (TPSA) is 83.3 Å². The summed E-state index contributed by atoms with van der Waals surface area (Å²) in [6.45, 7) is 9.85. The Morgan fingerprint density at radius 2 is 2.15 bits per heavy atom. The summed E-state index contributed by atoms with van der Waals surface area (Å²) >= 11 is 0. The molecule has 1 aliphatic rings. The second-order valence-electron chi connectivity index (χ2n) is 5.54. The van der Waals surface area contributed by atoms with Crippen LogP contribution in [0.1, 0.15) is 25.6 Å². The fourth-order valence-electron chi connectivity index (χ4n) is 2.31. The molecule has 20 heavy (non-hydrogen) atoms. The molecule has 1 amide bonds. The summed E-state index contributed by atoms with van der Waals surface area (Å²) in [6, 6.07) is 0. The first-order chi connectivity index (χ1) is 9.50. The van der Waals surface area contributed by atoms with Gasteiger partial charge in [0.25, 0.3) is 0 Å². The standard InChI is InChI=1S/C13H23N5O2/c1-10-16-11(20-17-10)4-5-15-12(19)13(2,3)18-8-6-14-7-9-18/h14H,4-9H2,1-3H3,(H,15,19). The van der Waals surface area contributed by atoms with Crippen molar-refractivity contribution in [2.45, 2.75) is 32.7 Å². The molecular weight excluding hydrogens is 258 g/mol. The van der Waals surface area contributed by atoms with E-state index >= 15 is 0 Å². The smallest absolute Gasteiger partial charge is 0.239 e. The van der Waals surface area contributed by atoms with Crippen LogP contribution < -0.4 is 10.6 Å². The number of piperazine rings is 1. The van der Waals surface area contributed by atoms with Crippen molar-refractivity contribution in [3.63, 3.8) is 0 Å². The van der Waals surface area contributed by atoms with Crippen LogP contribution in [-0.4, -0.2) is 59.2 Å². The van der Waals surface area contributed by atoms with Crippen molar-refractivity contribution in [3.8, 4) is 0 Å². The van der Waals surface area contributed by atoms with Crippen LogP contribution in [0, 0.1) is 6.92 Å². The van der Waals surface area contributed by atoms with Crippen LogP contribution in [0.5, 0.6) is 0 Å². The maximum Gasteiger partial charge on any atom is 0.239 e. The number of aromatic nitrogens is 2. The summed E-state index contributed by atoms with van der Waals surface area (Å²) in [5.41, 5.74) is -0.493. The largest absolute Gasteiger partial charge is 0.354 e. The van der Waals surface area contributed by atoms with Crippen molar-refractivity contribution in [3.05, 3.63) is 11.7 Å². The van der Waals surface area contributed by atoms with Crippen molar-refractivity contribution in [1.29, 1.82) is 0 Å². The molecule has 0 atom stereocenters. The molecule has 1 aliphatic heterocycles. The molecule has 112 valence electrons. The molecule has 0 bridgehead atoms. The minimum atomic E-state index is -0.493. The lowest BCUT2D eigenvalue weighted by atomic mass is 10.0. The zero-order chi connectivity index (χ0) is 14.6. The van der Waals surface area contributed by atoms with Crippen molar-refractivity contribution < 1.29 is 9.32 Å². The van der Waals surface area contributed by atoms with E-state index < -0.39 is 5.54 Å². The lowest BCUT2D eigenvalue weighted by Crippen LogP contribution is -2.60. The average Bonchev–Trinajstić information content (AvgIpc) is 2.85. The van der Waals surface area contributed by atoms with Gasteiger partial charge in [0.2, 0.25) is 11.8 Å². The summed E-state index contributed by atoms with van der Waals surface area (Å²) < 4.78 is 5.02. The van der Waals surface area contributed by atoms with Crippen LogP contribution in [0.4, 0.5) is 0 Å². The van der Waals surface area contributed by atoms with Crippen LogP contribution in [0.15, 0.2) is 4.52 Å². The third kappa shape index (κ3) is 3.55. The number of nitrogens with one attached hydrogen (secondary N) is 2. The lowest BCUT2D eigenvalue weighted by molar-refractivity contribution is -0.132. The van der Waals surface area contributed by atoms with Gasteiger partial charge < -0.3 is 15.2 Å². The van der Waals surface area contributed by atoms with Crippen LogP contribution in [0.25, 0.3) is 0 Å². The Morgan fingerprint density at radius 3 is 2.75 bits per heavy atom. The Balaban J connectivity index is 1.80. The van der Waals surface area contributed by atoms with Gasteiger partial charge in [-0.3, -0.25) is 9.69 Å². The SMILES string of the molecule is Cc1noc(CCNC(=O)C(C)(C)N2CCNCC2)n1. The molecule has 0 saturated carbocycles. The van der Waals surface area contributed by atoms with Crippen LogP contribution in [0.2, 0.25) is 0 Å². The number of carbonyl (C=O) groups is 1. The van der Waals surface area contributed by atoms with Crippen molar-refractivity contribution in [1.82, 2.24) is 25.7 Å². The first-order valence-electron chi connectivity index (χ1n) is 7.03. The Bertz CT molecular complexity index is 451. The fraction of sp³-hybridized carbons (Fsp3) is 0.769. The van der Waals surface area contributed by atoms with E-state index in [0.29, 0.717) is 24.7 Å². The Labute approximate surface area is 119 Å². The van der Waals surface area contributed by atoms with Crippen LogP contribution >= 0.6 is 0 Å². The number of amides is 1. The average molecular weight is 281 g/mol. The van der Waals surface area contributed by atoms with Gasteiger partial charge in [-0.2, -0.15) is 4.98 Å². The van der Waals surface area contributed by atoms with E-state index in [4.69, 9.17) is 4.52 Å². The summed E-state index contributed by atoms with van der Waals surface area (Å²) in [5.74, 6) is 1.21. The van der Waals surface area contributed by atoms with Crippen LogP contribution in [-0.2, 0) is 11.2 Å². The molecule has 0 aromatic carbocycles. The fourth-order valence-corrected chi connectivity index (χ4v) is 2.31. The second-order valence-corrected chi connectivity index (χ2v) is 5.54. The highest BCUT2D eigenvalue weighted by molar-refractivity contribution is 5.85. The number of hydrogen-bond donors (Lipinski definition) is 2. The quantitative estimate of drug-likeness (QED) is 0.772. The molecule has 0 unspecified atom stereocenters. The third-order valence-corrected chi connectivity index (χ3v) is 3.66. The van der Waals surface area contributed by atoms with Gasteiger partial charge in [0.05, 0.1) is 5.54 Å². The number of aryl methyl sites for hydroxylation is 1. The molecule has 1 aromatic rings. The number of hydrogen-bond acceptors (Lipinski definition) is 6. The minimum Gasteiger partial charge on any atom is -0.354 e. The van der Waals surface area contributed by atoms with Crippen molar-refractivity contribution in [2.75, 3.05) is 32.7 Å². The van der Waals surface area contributed by atoms with Gasteiger partial charge in [-0.25, -0.2) is 0 Å². The van der Waals surface area contributed by atoms with E-state index in [1.54, 1.807) is 6.92 Å². The summed E-state index contributed by atoms with van der Waals surface area (Å²) in [7, 11) is 0. The second kappa shape index (κ2) is 6.32. The number of nitrogens with zero attached hydrogens (tertiary/aromatic N) is 3. The number of carbonyl (C=O) groups excluding carboxylic acids is 1. The zero-order valence-electron chi connectivity index (χ0n) is 12.4. The highest BCUT2D eigenvalue weighted by atomic mass is 16.5. The van der Waals surface area contributed by atoms with E-state index in [1.807, 2.05) is 13.8 Å². The lowest BCUT2D eigenvalue weighted by Gasteiger charge is -2.39. The molecular formula is C13H23N5O2. The van der Waals surface area contributed by atoms with E-state index in [1.165, 1.54) is 0 Å². The predicted molar refractivity (Wildman–Crippen MR) is 74.3 cm³/mol. The molecule has 7 heteroatoms. The molecule has 2 N–H and O–H groups in total. The van der Waals surface area contributed by atoms with Gasteiger partial charge in [-0.1, -0.05) is 5.16 Å². The van der Waals surface area contributed by atoms with Gasteiger partial charge >= 0.3 is 0 Å². The van der Waals surface area contributed by atoms with Gasteiger partial charge in [0, 0.05) is 39.1 Å². The van der Waals surface area contributed by atoms with E-state index in [0.717, 1.165) is 26.2 Å². The highest BCUT2D eigenvalue weighted by Gasteiger charge is 2.34. The third-order valence-electron chi connectivity index (χ3n) is 3.66. The molecule has 0 spiro atoms. The summed E-state index contributed by atoms with van der Waals surface area (Å²) in [5, 5.41) is 9.96. The van der Waals surface area contributed by atoms with Gasteiger partial charge in [-0.05, 0) is 20.8 Å². The van der Waals surface area contributed by atoms with Gasteiger partial charge in [0.15, 0.2) is 5.82 Å². The van der Waals surface area contributed by atoms with Crippen molar-refractivity contribution >= 4 is 5.91 Å². The van der Waals surface area contributed by atoms with Gasteiger partial charge in [0.1, 0.15) is 0 Å². The molecule has 2 heterocycles. The van der Waals surface area contributed by atoms with E-state index in [2.05, 4.69) is 25.7 Å².